The number of aromatic nitrogens is 2. The van der Waals surface area contributed by atoms with Crippen molar-refractivity contribution < 1.29 is 4.79 Å². The monoisotopic (exact) mass is 337 g/mol. The van der Waals surface area contributed by atoms with E-state index in [-0.39, 0.29) is 16.1 Å². The smallest absolute Gasteiger partial charge is 0.259 e. The summed E-state index contributed by atoms with van der Waals surface area (Å²) in [4.78, 5) is 20.4. The van der Waals surface area contributed by atoms with Gasteiger partial charge in [0, 0.05) is 6.20 Å². The molecule has 0 fully saturated rings. The molecule has 0 atom stereocenters. The van der Waals surface area contributed by atoms with Crippen LogP contribution in [0.1, 0.15) is 15.9 Å². The Morgan fingerprint density at radius 3 is 2.86 bits per heavy atom. The minimum atomic E-state index is -0.322. The van der Waals surface area contributed by atoms with Crippen LogP contribution in [0.15, 0.2) is 30.5 Å². The number of thiazole rings is 1. The predicted molar refractivity (Wildman–Crippen MR) is 86.6 cm³/mol. The highest BCUT2D eigenvalue weighted by atomic mass is 35.5. The molecule has 0 aliphatic carbocycles. The van der Waals surface area contributed by atoms with Gasteiger partial charge in [-0.05, 0) is 24.6 Å². The van der Waals surface area contributed by atoms with Gasteiger partial charge < -0.3 is 0 Å². The Hall–Kier alpha value is -1.69. The van der Waals surface area contributed by atoms with Crippen molar-refractivity contribution in [2.45, 2.75) is 6.92 Å². The number of hydrogen-bond acceptors (Lipinski definition) is 4. The molecule has 0 unspecified atom stereocenters. The summed E-state index contributed by atoms with van der Waals surface area (Å²) in [5, 5.41) is 3.70. The number of anilines is 1. The number of nitrogens with zero attached hydrogens (tertiary/aromatic N) is 2. The molecule has 3 rings (SSSR count). The first-order chi connectivity index (χ1) is 10.0. The molecule has 0 saturated heterocycles. The fourth-order valence-electron chi connectivity index (χ4n) is 1.85. The fraction of sp³-hybridized carbons (Fsp3) is 0.0714. The summed E-state index contributed by atoms with van der Waals surface area (Å²) in [6, 6.07) is 7.39. The average Bonchev–Trinajstić information content (AvgIpc) is 2.86. The van der Waals surface area contributed by atoms with Gasteiger partial charge in [0.05, 0.1) is 20.8 Å². The van der Waals surface area contributed by atoms with Crippen LogP contribution in [0.5, 0.6) is 0 Å². The van der Waals surface area contributed by atoms with Crippen LogP contribution in [0.2, 0.25) is 10.2 Å². The van der Waals surface area contributed by atoms with Crippen molar-refractivity contribution in [3.05, 3.63) is 51.8 Å². The number of fused-ring (bicyclic) bond motifs is 1. The van der Waals surface area contributed by atoms with Crippen LogP contribution in [0.3, 0.4) is 0 Å². The van der Waals surface area contributed by atoms with E-state index < -0.39 is 0 Å². The van der Waals surface area contributed by atoms with Gasteiger partial charge >= 0.3 is 0 Å². The van der Waals surface area contributed by atoms with Crippen molar-refractivity contribution in [2.75, 3.05) is 5.32 Å². The predicted octanol–water partition coefficient (Wildman–Crippen LogP) is 4.56. The number of carbonyl (C=O) groups is 1. The lowest BCUT2D eigenvalue weighted by Gasteiger charge is -2.02. The van der Waals surface area contributed by atoms with Gasteiger partial charge in [0.15, 0.2) is 5.13 Å². The molecule has 0 saturated carbocycles. The first-order valence-electron chi connectivity index (χ1n) is 6.03. The second-order valence-corrected chi connectivity index (χ2v) is 6.19. The third-order valence-electron chi connectivity index (χ3n) is 2.90. The number of amides is 1. The van der Waals surface area contributed by atoms with Crippen LogP contribution in [0, 0.1) is 6.92 Å². The third kappa shape index (κ3) is 2.85. The SMILES string of the molecule is Cc1cccc2sc(NC(=O)c3cnc(Cl)c(Cl)c3)nc12. The number of rotatable bonds is 2. The van der Waals surface area contributed by atoms with Crippen molar-refractivity contribution in [2.24, 2.45) is 0 Å². The normalized spacial score (nSPS) is 10.8. The highest BCUT2D eigenvalue weighted by Crippen LogP contribution is 2.28. The highest BCUT2D eigenvalue weighted by Gasteiger charge is 2.12. The van der Waals surface area contributed by atoms with E-state index in [9.17, 15) is 4.79 Å². The summed E-state index contributed by atoms with van der Waals surface area (Å²) in [6.45, 7) is 1.98. The maximum Gasteiger partial charge on any atom is 0.259 e. The Morgan fingerprint density at radius 1 is 1.33 bits per heavy atom. The summed E-state index contributed by atoms with van der Waals surface area (Å²) >= 11 is 13.0. The van der Waals surface area contributed by atoms with Crippen molar-refractivity contribution >= 4 is 55.8 Å². The van der Waals surface area contributed by atoms with Gasteiger partial charge in [0.1, 0.15) is 5.15 Å². The first-order valence-corrected chi connectivity index (χ1v) is 7.60. The molecule has 106 valence electrons. The van der Waals surface area contributed by atoms with Crippen LogP contribution >= 0.6 is 34.5 Å². The molecule has 2 heterocycles. The molecule has 21 heavy (non-hydrogen) atoms. The highest BCUT2D eigenvalue weighted by molar-refractivity contribution is 7.22. The van der Waals surface area contributed by atoms with E-state index in [0.717, 1.165) is 15.8 Å². The van der Waals surface area contributed by atoms with Crippen molar-refractivity contribution in [3.63, 3.8) is 0 Å². The van der Waals surface area contributed by atoms with Crippen molar-refractivity contribution in [1.29, 1.82) is 0 Å². The molecule has 4 nitrogen and oxygen atoms in total. The minimum absolute atomic E-state index is 0.170. The zero-order valence-corrected chi connectivity index (χ0v) is 13.2. The Kier molecular flexibility index (Phi) is 3.80. The first kappa shape index (κ1) is 14.3. The van der Waals surface area contributed by atoms with Gasteiger partial charge in [-0.3, -0.25) is 10.1 Å². The molecule has 1 amide bonds. The lowest BCUT2D eigenvalue weighted by Crippen LogP contribution is -2.12. The third-order valence-corrected chi connectivity index (χ3v) is 4.52. The maximum atomic E-state index is 12.2. The minimum Gasteiger partial charge on any atom is -0.298 e. The lowest BCUT2D eigenvalue weighted by molar-refractivity contribution is 0.102. The van der Waals surface area contributed by atoms with Crippen molar-refractivity contribution in [1.82, 2.24) is 9.97 Å². The molecule has 3 aromatic rings. The molecule has 0 bridgehead atoms. The molecular weight excluding hydrogens is 329 g/mol. The molecule has 0 aliphatic rings. The second-order valence-electron chi connectivity index (χ2n) is 4.39. The topological polar surface area (TPSA) is 54.9 Å². The number of hydrogen-bond donors (Lipinski definition) is 1. The summed E-state index contributed by atoms with van der Waals surface area (Å²) in [5.41, 5.74) is 2.30. The van der Waals surface area contributed by atoms with Gasteiger partial charge in [-0.1, -0.05) is 46.7 Å². The molecule has 1 aromatic carbocycles. The molecule has 2 aromatic heterocycles. The Labute approximate surface area is 134 Å². The number of benzene rings is 1. The zero-order chi connectivity index (χ0) is 15.0. The van der Waals surface area contributed by atoms with E-state index >= 15 is 0 Å². The average molecular weight is 338 g/mol. The zero-order valence-electron chi connectivity index (χ0n) is 10.9. The summed E-state index contributed by atoms with van der Waals surface area (Å²) in [5.74, 6) is -0.322. The van der Waals surface area contributed by atoms with Crippen LogP contribution in [0.25, 0.3) is 10.2 Å². The number of para-hydroxylation sites is 1. The van der Waals surface area contributed by atoms with Gasteiger partial charge in [-0.2, -0.15) is 0 Å². The van der Waals surface area contributed by atoms with E-state index in [0.29, 0.717) is 10.7 Å². The second kappa shape index (κ2) is 5.60. The van der Waals surface area contributed by atoms with E-state index in [1.54, 1.807) is 0 Å². The number of halogens is 2. The quantitative estimate of drug-likeness (QED) is 0.697. The maximum absolute atomic E-state index is 12.2. The molecule has 1 N–H and O–H groups in total. The number of nitrogens with one attached hydrogen (secondary N) is 1. The van der Waals surface area contributed by atoms with Gasteiger partial charge in [0.25, 0.3) is 5.91 Å². The van der Waals surface area contributed by atoms with E-state index in [2.05, 4.69) is 15.3 Å². The largest absolute Gasteiger partial charge is 0.298 e. The van der Waals surface area contributed by atoms with Crippen LogP contribution in [0.4, 0.5) is 5.13 Å². The summed E-state index contributed by atoms with van der Waals surface area (Å²) in [6.07, 6.45) is 1.38. The lowest BCUT2D eigenvalue weighted by atomic mass is 10.2. The summed E-state index contributed by atoms with van der Waals surface area (Å²) in [7, 11) is 0. The standard InChI is InChI=1S/C14H9Cl2N3OS/c1-7-3-2-4-10-11(7)18-14(21-10)19-13(20)8-5-9(15)12(16)17-6-8/h2-6H,1H3,(H,18,19,20). The molecule has 7 heteroatoms. The van der Waals surface area contributed by atoms with E-state index in [4.69, 9.17) is 23.2 Å². The number of aryl methyl sites for hydroxylation is 1. The van der Waals surface area contributed by atoms with Gasteiger partial charge in [0.2, 0.25) is 0 Å². The molecule has 0 radical (unpaired) electrons. The van der Waals surface area contributed by atoms with Crippen molar-refractivity contribution in [3.8, 4) is 0 Å². The fourth-order valence-corrected chi connectivity index (χ4v) is 3.06. The Balaban J connectivity index is 1.89. The van der Waals surface area contributed by atoms with Crippen LogP contribution < -0.4 is 5.32 Å². The van der Waals surface area contributed by atoms with Gasteiger partial charge in [-0.15, -0.1) is 0 Å². The molecular formula is C14H9Cl2N3OS. The van der Waals surface area contributed by atoms with Crippen LogP contribution in [-0.2, 0) is 0 Å². The number of carbonyl (C=O) groups excluding carboxylic acids is 1. The Bertz CT molecular complexity index is 847. The summed E-state index contributed by atoms with van der Waals surface area (Å²) < 4.78 is 1.03. The molecule has 0 aliphatic heterocycles. The van der Waals surface area contributed by atoms with E-state index in [1.165, 1.54) is 23.6 Å². The van der Waals surface area contributed by atoms with E-state index in [1.807, 2.05) is 25.1 Å². The van der Waals surface area contributed by atoms with Gasteiger partial charge in [-0.25, -0.2) is 9.97 Å². The Morgan fingerprint density at radius 2 is 2.14 bits per heavy atom. The van der Waals surface area contributed by atoms with Crippen LogP contribution in [-0.4, -0.2) is 15.9 Å². The molecule has 0 spiro atoms. The number of pyridine rings is 1.